The van der Waals surface area contributed by atoms with Crippen molar-refractivity contribution in [3.63, 3.8) is 0 Å². The van der Waals surface area contributed by atoms with E-state index in [1.165, 1.54) is 33.5 Å². The van der Waals surface area contributed by atoms with Crippen LogP contribution in [0.5, 0.6) is 0 Å². The van der Waals surface area contributed by atoms with Crippen LogP contribution in [0.2, 0.25) is 0 Å². The van der Waals surface area contributed by atoms with Gasteiger partial charge in [0.05, 0.1) is 4.90 Å². The fraction of sp³-hybridized carbons (Fsp3) is 0.529. The van der Waals surface area contributed by atoms with Crippen molar-refractivity contribution in [1.29, 1.82) is 0 Å². The highest BCUT2D eigenvalue weighted by Gasteiger charge is 2.27. The molecule has 1 heterocycles. The topological polar surface area (TPSA) is 95.0 Å². The summed E-state index contributed by atoms with van der Waals surface area (Å²) in [6, 6.07) is 5.86. The first kappa shape index (κ1) is 19.4. The second kappa shape index (κ2) is 8.44. The van der Waals surface area contributed by atoms with E-state index in [-0.39, 0.29) is 10.5 Å². The average Bonchev–Trinajstić information content (AvgIpc) is 2.61. The Balaban J connectivity index is 2.27. The van der Waals surface area contributed by atoms with Gasteiger partial charge in [-0.2, -0.15) is 4.31 Å². The Kier molecular flexibility index (Phi) is 6.55. The summed E-state index contributed by atoms with van der Waals surface area (Å²) in [5.41, 5.74) is 0.188. The Hall–Kier alpha value is -1.93. The zero-order valence-electron chi connectivity index (χ0n) is 14.3. The van der Waals surface area contributed by atoms with Crippen LogP contribution in [0, 0.1) is 0 Å². The van der Waals surface area contributed by atoms with E-state index in [0.29, 0.717) is 26.1 Å². The molecule has 1 aliphatic heterocycles. The minimum atomic E-state index is -3.63. The van der Waals surface area contributed by atoms with Crippen molar-refractivity contribution in [2.24, 2.45) is 0 Å². The van der Waals surface area contributed by atoms with Crippen molar-refractivity contribution >= 4 is 21.9 Å². The van der Waals surface area contributed by atoms with E-state index < -0.39 is 28.4 Å². The molecule has 2 rings (SSSR count). The molecular formula is C17H24N2O5S. The van der Waals surface area contributed by atoms with Crippen molar-refractivity contribution in [2.75, 3.05) is 26.2 Å². The highest BCUT2D eigenvalue weighted by molar-refractivity contribution is 7.89. The largest absolute Gasteiger partial charge is 0.480 e. The number of hydrogen-bond acceptors (Lipinski definition) is 4. The van der Waals surface area contributed by atoms with E-state index in [2.05, 4.69) is 0 Å². The average molecular weight is 368 g/mol. The van der Waals surface area contributed by atoms with E-state index >= 15 is 0 Å². The SMILES string of the molecule is CCCN(CC(=O)O)C(=O)c1cccc(S(=O)(=O)N2CCCCC2)c1. The normalized spacial score (nSPS) is 15.7. The van der Waals surface area contributed by atoms with Gasteiger partial charge in [-0.15, -0.1) is 0 Å². The number of carboxylic acid groups (broad SMARTS) is 1. The molecule has 1 aromatic rings. The predicted octanol–water partition coefficient (Wildman–Crippen LogP) is 1.80. The van der Waals surface area contributed by atoms with Gasteiger partial charge in [-0.05, 0) is 37.5 Å². The Bertz CT molecular complexity index is 726. The van der Waals surface area contributed by atoms with E-state index in [1.807, 2.05) is 6.92 Å². The van der Waals surface area contributed by atoms with Gasteiger partial charge in [-0.3, -0.25) is 9.59 Å². The van der Waals surface area contributed by atoms with Gasteiger partial charge in [0, 0.05) is 25.2 Å². The molecule has 0 spiro atoms. The Labute approximate surface area is 148 Å². The first-order valence-electron chi connectivity index (χ1n) is 8.47. The Morgan fingerprint density at radius 2 is 1.88 bits per heavy atom. The molecule has 0 unspecified atom stereocenters. The number of sulfonamides is 1. The summed E-state index contributed by atoms with van der Waals surface area (Å²) < 4.78 is 26.9. The summed E-state index contributed by atoms with van der Waals surface area (Å²) in [4.78, 5) is 24.8. The van der Waals surface area contributed by atoms with Crippen LogP contribution < -0.4 is 0 Å². The lowest BCUT2D eigenvalue weighted by atomic mass is 10.2. The van der Waals surface area contributed by atoms with Crippen LogP contribution in [-0.2, 0) is 14.8 Å². The highest BCUT2D eigenvalue weighted by Crippen LogP contribution is 2.21. The van der Waals surface area contributed by atoms with Gasteiger partial charge < -0.3 is 10.0 Å². The van der Waals surface area contributed by atoms with E-state index in [1.54, 1.807) is 0 Å². The van der Waals surface area contributed by atoms with Crippen molar-refractivity contribution in [3.05, 3.63) is 29.8 Å². The van der Waals surface area contributed by atoms with Crippen molar-refractivity contribution in [2.45, 2.75) is 37.5 Å². The van der Waals surface area contributed by atoms with Crippen LogP contribution in [0.3, 0.4) is 0 Å². The number of benzene rings is 1. The molecule has 0 aromatic heterocycles. The zero-order chi connectivity index (χ0) is 18.4. The lowest BCUT2D eigenvalue weighted by Crippen LogP contribution is -2.37. The number of piperidine rings is 1. The summed E-state index contributed by atoms with van der Waals surface area (Å²) in [6.07, 6.45) is 3.30. The fourth-order valence-corrected chi connectivity index (χ4v) is 4.48. The lowest BCUT2D eigenvalue weighted by Gasteiger charge is -2.26. The molecule has 0 atom stereocenters. The maximum absolute atomic E-state index is 12.7. The van der Waals surface area contributed by atoms with E-state index in [4.69, 9.17) is 5.11 Å². The van der Waals surface area contributed by atoms with E-state index in [0.717, 1.165) is 19.3 Å². The van der Waals surface area contributed by atoms with Gasteiger partial charge in [-0.25, -0.2) is 8.42 Å². The van der Waals surface area contributed by atoms with Gasteiger partial charge in [0.2, 0.25) is 10.0 Å². The van der Waals surface area contributed by atoms with Crippen LogP contribution in [0.15, 0.2) is 29.2 Å². The summed E-state index contributed by atoms with van der Waals surface area (Å²) in [7, 11) is -3.63. The second-order valence-electron chi connectivity index (χ2n) is 6.11. The van der Waals surface area contributed by atoms with Crippen molar-refractivity contribution in [1.82, 2.24) is 9.21 Å². The quantitative estimate of drug-likeness (QED) is 0.792. The van der Waals surface area contributed by atoms with Crippen LogP contribution in [0.1, 0.15) is 43.0 Å². The van der Waals surface area contributed by atoms with E-state index in [9.17, 15) is 18.0 Å². The molecule has 0 radical (unpaired) electrons. The molecule has 1 saturated heterocycles. The smallest absolute Gasteiger partial charge is 0.323 e. The maximum atomic E-state index is 12.7. The van der Waals surface area contributed by atoms with Crippen molar-refractivity contribution < 1.29 is 23.1 Å². The lowest BCUT2D eigenvalue weighted by molar-refractivity contribution is -0.137. The Morgan fingerprint density at radius 3 is 2.48 bits per heavy atom. The molecular weight excluding hydrogens is 344 g/mol. The number of nitrogens with zero attached hydrogens (tertiary/aromatic N) is 2. The third kappa shape index (κ3) is 4.79. The number of aliphatic carboxylic acids is 1. The van der Waals surface area contributed by atoms with Gasteiger partial charge in [0.15, 0.2) is 0 Å². The number of carbonyl (C=O) groups is 2. The summed E-state index contributed by atoms with van der Waals surface area (Å²) in [6.45, 7) is 2.71. The molecule has 1 N–H and O–H groups in total. The minimum Gasteiger partial charge on any atom is -0.480 e. The molecule has 0 aliphatic carbocycles. The predicted molar refractivity (Wildman–Crippen MR) is 92.9 cm³/mol. The molecule has 1 amide bonds. The molecule has 25 heavy (non-hydrogen) atoms. The monoisotopic (exact) mass is 368 g/mol. The van der Waals surface area contributed by atoms with Gasteiger partial charge in [0.1, 0.15) is 6.54 Å². The molecule has 1 fully saturated rings. The number of hydrogen-bond donors (Lipinski definition) is 1. The maximum Gasteiger partial charge on any atom is 0.323 e. The molecule has 138 valence electrons. The number of carbonyl (C=O) groups excluding carboxylic acids is 1. The van der Waals surface area contributed by atoms with Gasteiger partial charge in [0.25, 0.3) is 5.91 Å². The molecule has 7 nitrogen and oxygen atoms in total. The second-order valence-corrected chi connectivity index (χ2v) is 8.05. The standard InChI is InChI=1S/C17H24N2O5S/c1-2-9-18(13-16(20)21)17(22)14-7-6-8-15(12-14)25(23,24)19-10-4-3-5-11-19/h6-8,12H,2-5,9-11,13H2,1H3,(H,20,21). The molecule has 1 aliphatic rings. The van der Waals surface area contributed by atoms with Gasteiger partial charge in [-0.1, -0.05) is 19.4 Å². The molecule has 1 aromatic carbocycles. The van der Waals surface area contributed by atoms with Crippen LogP contribution in [0.25, 0.3) is 0 Å². The number of carboxylic acids is 1. The summed E-state index contributed by atoms with van der Waals surface area (Å²) in [5, 5.41) is 8.96. The molecule has 8 heteroatoms. The summed E-state index contributed by atoms with van der Waals surface area (Å²) in [5.74, 6) is -1.57. The molecule has 0 bridgehead atoms. The minimum absolute atomic E-state index is 0.0759. The molecule has 0 saturated carbocycles. The third-order valence-electron chi connectivity index (χ3n) is 4.14. The van der Waals surface area contributed by atoms with Crippen LogP contribution in [-0.4, -0.2) is 60.8 Å². The van der Waals surface area contributed by atoms with Crippen molar-refractivity contribution in [3.8, 4) is 0 Å². The number of rotatable bonds is 7. The highest BCUT2D eigenvalue weighted by atomic mass is 32.2. The third-order valence-corrected chi connectivity index (χ3v) is 6.04. The zero-order valence-corrected chi connectivity index (χ0v) is 15.2. The van der Waals surface area contributed by atoms with Crippen LogP contribution in [0.4, 0.5) is 0 Å². The number of amides is 1. The fourth-order valence-electron chi connectivity index (χ4n) is 2.91. The van der Waals surface area contributed by atoms with Gasteiger partial charge >= 0.3 is 5.97 Å². The first-order valence-corrected chi connectivity index (χ1v) is 9.91. The Morgan fingerprint density at radius 1 is 1.20 bits per heavy atom. The van der Waals surface area contributed by atoms with Crippen LogP contribution >= 0.6 is 0 Å². The first-order chi connectivity index (χ1) is 11.9. The summed E-state index contributed by atoms with van der Waals surface area (Å²) >= 11 is 0.